The number of anilines is 1. The average Bonchev–Trinajstić information content (AvgIpc) is 2.84. The van der Waals surface area contributed by atoms with E-state index >= 15 is 0 Å². The summed E-state index contributed by atoms with van der Waals surface area (Å²) >= 11 is 0. The number of nitrogens with zero attached hydrogens (tertiary/aromatic N) is 1. The second-order valence-corrected chi connectivity index (χ2v) is 8.27. The third kappa shape index (κ3) is 7.05. The second kappa shape index (κ2) is 11.7. The number of hydrogen-bond acceptors (Lipinski definition) is 6. The van der Waals surface area contributed by atoms with E-state index in [-0.39, 0.29) is 24.2 Å². The van der Waals surface area contributed by atoms with E-state index in [1.165, 1.54) is 31.4 Å². The van der Waals surface area contributed by atoms with E-state index in [4.69, 9.17) is 4.74 Å². The second-order valence-electron chi connectivity index (χ2n) is 8.27. The van der Waals surface area contributed by atoms with Crippen molar-refractivity contribution in [2.75, 3.05) is 11.9 Å². The van der Waals surface area contributed by atoms with Gasteiger partial charge in [0.25, 0.3) is 5.56 Å². The molecule has 0 aliphatic carbocycles. The highest BCUT2D eigenvalue weighted by atomic mass is 19.4. The van der Waals surface area contributed by atoms with E-state index < -0.39 is 47.2 Å². The Balaban J connectivity index is 2.03. The Morgan fingerprint density at radius 1 is 1.11 bits per heavy atom. The van der Waals surface area contributed by atoms with Gasteiger partial charge >= 0.3 is 18.4 Å². The van der Waals surface area contributed by atoms with Gasteiger partial charge in [-0.25, -0.2) is 4.79 Å². The lowest BCUT2D eigenvalue weighted by Crippen LogP contribution is -2.36. The van der Waals surface area contributed by atoms with E-state index in [1.807, 2.05) is 0 Å². The Bertz CT molecular complexity index is 1390. The molecule has 2 amide bonds. The van der Waals surface area contributed by atoms with Crippen LogP contribution in [0.25, 0.3) is 11.1 Å². The number of nitrogens with one attached hydrogen (secondary N) is 2. The minimum absolute atomic E-state index is 0.0680. The predicted octanol–water partition coefficient (Wildman–Crippen LogP) is 4.78. The molecule has 12 heteroatoms. The number of ether oxygens (including phenoxy) is 2. The number of benzene rings is 2. The van der Waals surface area contributed by atoms with Crippen LogP contribution in [-0.4, -0.2) is 34.6 Å². The van der Waals surface area contributed by atoms with Crippen LogP contribution >= 0.6 is 0 Å². The van der Waals surface area contributed by atoms with Gasteiger partial charge in [-0.3, -0.25) is 9.59 Å². The van der Waals surface area contributed by atoms with Crippen molar-refractivity contribution in [3.05, 3.63) is 76.2 Å². The van der Waals surface area contributed by atoms with Crippen molar-refractivity contribution < 1.29 is 37.3 Å². The number of amides is 2. The fourth-order valence-electron chi connectivity index (χ4n) is 3.75. The molecule has 0 radical (unpaired) electrons. The molecule has 0 unspecified atom stereocenters. The topological polar surface area (TPSA) is 119 Å². The molecular weight excluding hydrogens is 507 g/mol. The molecule has 0 saturated carbocycles. The predicted molar refractivity (Wildman–Crippen MR) is 133 cm³/mol. The van der Waals surface area contributed by atoms with Gasteiger partial charge in [0, 0.05) is 18.8 Å². The fourth-order valence-corrected chi connectivity index (χ4v) is 3.75. The van der Waals surface area contributed by atoms with Crippen molar-refractivity contribution in [2.24, 2.45) is 7.05 Å². The van der Waals surface area contributed by atoms with Crippen LogP contribution in [-0.2, 0) is 16.6 Å². The van der Waals surface area contributed by atoms with E-state index in [0.717, 1.165) is 10.6 Å². The van der Waals surface area contributed by atoms with Crippen LogP contribution in [0.3, 0.4) is 0 Å². The van der Waals surface area contributed by atoms with Gasteiger partial charge in [-0.2, -0.15) is 0 Å². The molecule has 0 fully saturated rings. The number of urea groups is 1. The molecule has 1 aromatic heterocycles. The number of carbonyl (C=O) groups is 2. The lowest BCUT2D eigenvalue weighted by atomic mass is 9.94. The first-order chi connectivity index (χ1) is 17.9. The molecule has 38 heavy (non-hydrogen) atoms. The Labute approximate surface area is 215 Å². The van der Waals surface area contributed by atoms with Crippen molar-refractivity contribution >= 4 is 17.7 Å². The van der Waals surface area contributed by atoms with Gasteiger partial charge in [-0.05, 0) is 48.7 Å². The van der Waals surface area contributed by atoms with Crippen molar-refractivity contribution in [2.45, 2.75) is 32.7 Å². The number of aromatic nitrogens is 1. The number of rotatable bonds is 8. The number of aryl methyl sites for hydroxylation is 2. The molecule has 1 heterocycles. The third-order valence-electron chi connectivity index (χ3n) is 5.53. The summed E-state index contributed by atoms with van der Waals surface area (Å²) in [5, 5.41) is 14.8. The number of carbonyl (C=O) groups excluding carboxylic acids is 2. The van der Waals surface area contributed by atoms with Crippen LogP contribution < -0.4 is 20.9 Å². The Morgan fingerprint density at radius 2 is 1.82 bits per heavy atom. The number of halogens is 3. The zero-order chi connectivity index (χ0) is 28.0. The van der Waals surface area contributed by atoms with Crippen LogP contribution in [0.15, 0.2) is 59.5 Å². The summed E-state index contributed by atoms with van der Waals surface area (Å²) in [6.45, 7) is 3.38. The lowest BCUT2D eigenvalue weighted by Gasteiger charge is -2.22. The van der Waals surface area contributed by atoms with E-state index in [0.29, 0.717) is 11.1 Å². The quantitative estimate of drug-likeness (QED) is 0.359. The number of esters is 1. The molecule has 9 nitrogen and oxygen atoms in total. The summed E-state index contributed by atoms with van der Waals surface area (Å²) in [5.41, 5.74) is 0.398. The maximum Gasteiger partial charge on any atom is 0.573 e. The maximum atomic E-state index is 13.1. The van der Waals surface area contributed by atoms with Gasteiger partial charge in [0.15, 0.2) is 5.69 Å². The molecule has 3 N–H and O–H groups in total. The summed E-state index contributed by atoms with van der Waals surface area (Å²) in [7, 11) is 1.42. The SMILES string of the molecule is CCOC(=O)C[C@H](NC(=O)Nc1c(O)ccn(C)c1=O)c1ccc(OC(F)(F)F)c(-c2ccccc2C)c1. The van der Waals surface area contributed by atoms with Crippen molar-refractivity contribution in [1.82, 2.24) is 9.88 Å². The number of hydrogen-bond donors (Lipinski definition) is 3. The first kappa shape index (κ1) is 28.1. The van der Waals surface area contributed by atoms with E-state index in [1.54, 1.807) is 38.1 Å². The van der Waals surface area contributed by atoms with Gasteiger partial charge in [0.1, 0.15) is 11.5 Å². The van der Waals surface area contributed by atoms with E-state index in [2.05, 4.69) is 15.4 Å². The standard InChI is InChI=1S/C26H26F3N3O6/c1-4-37-22(34)14-19(30-25(36)31-23-20(33)11-12-32(3)24(23)35)16-9-10-21(38-26(27,28)29)18(13-16)17-8-6-5-7-15(17)2/h5-13,19,33H,4,14H2,1-3H3,(H2,30,31,36)/t19-/m0/s1. The fraction of sp³-hybridized carbons (Fsp3) is 0.269. The Morgan fingerprint density at radius 3 is 2.47 bits per heavy atom. The molecule has 3 aromatic rings. The van der Waals surface area contributed by atoms with Gasteiger partial charge in [0.05, 0.1) is 19.1 Å². The van der Waals surface area contributed by atoms with Crippen molar-refractivity contribution in [1.29, 1.82) is 0 Å². The highest BCUT2D eigenvalue weighted by Crippen LogP contribution is 2.37. The molecule has 202 valence electrons. The van der Waals surface area contributed by atoms with E-state index in [9.17, 15) is 32.7 Å². The molecule has 0 spiro atoms. The Hall–Kier alpha value is -4.48. The zero-order valence-corrected chi connectivity index (χ0v) is 20.8. The lowest BCUT2D eigenvalue weighted by molar-refractivity contribution is -0.274. The monoisotopic (exact) mass is 533 g/mol. The van der Waals surface area contributed by atoms with Crippen molar-refractivity contribution in [3.8, 4) is 22.6 Å². The van der Waals surface area contributed by atoms with Crippen molar-refractivity contribution in [3.63, 3.8) is 0 Å². The molecule has 3 rings (SSSR count). The molecule has 0 aliphatic heterocycles. The van der Waals surface area contributed by atoms with Crippen LogP contribution in [0.4, 0.5) is 23.7 Å². The molecule has 0 saturated heterocycles. The number of alkyl halides is 3. The minimum atomic E-state index is -4.95. The van der Waals surface area contributed by atoms with Crippen LogP contribution in [0, 0.1) is 6.92 Å². The molecule has 2 aromatic carbocycles. The van der Waals surface area contributed by atoms with Crippen LogP contribution in [0.1, 0.15) is 30.5 Å². The average molecular weight is 534 g/mol. The summed E-state index contributed by atoms with van der Waals surface area (Å²) in [6, 6.07) is 9.67. The smallest absolute Gasteiger partial charge is 0.505 e. The van der Waals surface area contributed by atoms with Gasteiger partial charge < -0.3 is 29.8 Å². The Kier molecular flexibility index (Phi) is 8.66. The van der Waals surface area contributed by atoms with Gasteiger partial charge in [0.2, 0.25) is 0 Å². The van der Waals surface area contributed by atoms with Crippen LogP contribution in [0.2, 0.25) is 0 Å². The largest absolute Gasteiger partial charge is 0.573 e. The molecule has 0 bridgehead atoms. The van der Waals surface area contributed by atoms with Crippen LogP contribution in [0.5, 0.6) is 11.5 Å². The summed E-state index contributed by atoms with van der Waals surface area (Å²) in [6.07, 6.45) is -4.01. The highest BCUT2D eigenvalue weighted by molar-refractivity contribution is 5.91. The first-order valence-corrected chi connectivity index (χ1v) is 11.5. The number of aromatic hydroxyl groups is 1. The molecular formula is C26H26F3N3O6. The number of pyridine rings is 1. The molecule has 1 atom stereocenters. The van der Waals surface area contributed by atoms with Gasteiger partial charge in [-0.1, -0.05) is 30.3 Å². The minimum Gasteiger partial charge on any atom is -0.505 e. The first-order valence-electron chi connectivity index (χ1n) is 11.5. The summed E-state index contributed by atoms with van der Waals surface area (Å²) in [4.78, 5) is 37.4. The normalized spacial score (nSPS) is 11.9. The third-order valence-corrected chi connectivity index (χ3v) is 5.53. The summed E-state index contributed by atoms with van der Waals surface area (Å²) in [5.74, 6) is -1.61. The highest BCUT2D eigenvalue weighted by Gasteiger charge is 2.33. The zero-order valence-electron chi connectivity index (χ0n) is 20.8. The molecule has 0 aliphatic rings. The summed E-state index contributed by atoms with van der Waals surface area (Å²) < 4.78 is 49.8. The van der Waals surface area contributed by atoms with Gasteiger partial charge in [-0.15, -0.1) is 13.2 Å². The maximum absolute atomic E-state index is 13.1.